The molecule has 3 heterocycles. The van der Waals surface area contributed by atoms with Crippen LogP contribution >= 0.6 is 0 Å². The smallest absolute Gasteiger partial charge is 0.311 e. The number of rotatable bonds is 2. The summed E-state index contributed by atoms with van der Waals surface area (Å²) in [5, 5.41) is 0. The number of methoxy groups -OCH3 is 1. The van der Waals surface area contributed by atoms with Gasteiger partial charge in [0.2, 0.25) is 6.41 Å². The molecular weight excluding hydrogens is 340 g/mol. The first-order valence-corrected chi connectivity index (χ1v) is 10.3. The largest absolute Gasteiger partial charge is 0.469 e. The Balaban J connectivity index is 1.69. The minimum Gasteiger partial charge on any atom is -0.469 e. The van der Waals surface area contributed by atoms with Gasteiger partial charge in [0.15, 0.2) is 0 Å². The third-order valence-corrected chi connectivity index (χ3v) is 8.95. The molecule has 0 radical (unpaired) electrons. The number of carbonyl (C=O) groups is 2. The van der Waals surface area contributed by atoms with Crippen molar-refractivity contribution in [2.45, 2.75) is 55.5 Å². The molecule has 3 aliphatic heterocycles. The van der Waals surface area contributed by atoms with Gasteiger partial charge in [0.1, 0.15) is 0 Å². The third-order valence-electron chi connectivity index (χ3n) is 8.95. The quantitative estimate of drug-likeness (QED) is 0.596. The van der Waals surface area contributed by atoms with Crippen LogP contribution in [0.1, 0.15) is 44.1 Å². The van der Waals surface area contributed by atoms with E-state index >= 15 is 0 Å². The zero-order valence-corrected chi connectivity index (χ0v) is 15.8. The molecule has 0 aromatic heterocycles. The summed E-state index contributed by atoms with van der Waals surface area (Å²) in [6.45, 7) is 2.22. The van der Waals surface area contributed by atoms with Crippen molar-refractivity contribution in [1.82, 2.24) is 4.90 Å². The Kier molecular flexibility index (Phi) is 2.94. The van der Waals surface area contributed by atoms with Gasteiger partial charge < -0.3 is 9.64 Å². The molecule has 3 spiro atoms. The average Bonchev–Trinajstić information content (AvgIpc) is 3.23. The summed E-state index contributed by atoms with van der Waals surface area (Å²) in [7, 11) is 1.50. The lowest BCUT2D eigenvalue weighted by Gasteiger charge is -2.69. The Morgan fingerprint density at radius 2 is 2.04 bits per heavy atom. The molecule has 2 saturated heterocycles. The number of ether oxygens (including phenoxy) is 1. The van der Waals surface area contributed by atoms with Gasteiger partial charge in [-0.05, 0) is 68.7 Å². The molecule has 2 bridgehead atoms. The van der Waals surface area contributed by atoms with Crippen LogP contribution in [0.15, 0.2) is 24.3 Å². The van der Waals surface area contributed by atoms with E-state index in [4.69, 9.17) is 4.74 Å². The van der Waals surface area contributed by atoms with E-state index in [1.165, 1.54) is 25.5 Å². The molecule has 3 unspecified atom stereocenters. The average molecular weight is 366 g/mol. The van der Waals surface area contributed by atoms with Gasteiger partial charge in [0.05, 0.1) is 18.6 Å². The maximum atomic E-state index is 13.1. The van der Waals surface area contributed by atoms with Crippen molar-refractivity contribution in [3.8, 4) is 0 Å². The van der Waals surface area contributed by atoms with Crippen molar-refractivity contribution >= 4 is 18.1 Å². The molecule has 1 aromatic rings. The number of anilines is 1. The number of hydrogen-bond donors (Lipinski definition) is 0. The van der Waals surface area contributed by atoms with E-state index in [2.05, 4.69) is 23.1 Å². The summed E-state index contributed by atoms with van der Waals surface area (Å²) in [5.74, 6) is -0.362. The molecule has 142 valence electrons. The standard InChI is InChI=1S/C22H26N2O3/c1-27-18(26)16-13-20-7-4-11-23-12-10-21(19(20)23)15-5-2-3-6-17(15)24(14-25)22(16,21)9-8-20/h2-3,5-6,14,16,19H,4,7-13H2,1H3/t16?,19-,20?,21+,22?/m0/s1. The maximum absolute atomic E-state index is 13.1. The maximum Gasteiger partial charge on any atom is 0.311 e. The van der Waals surface area contributed by atoms with Gasteiger partial charge in [-0.15, -0.1) is 0 Å². The van der Waals surface area contributed by atoms with Crippen molar-refractivity contribution < 1.29 is 14.3 Å². The number of para-hydroxylation sites is 1. The number of benzene rings is 1. The Morgan fingerprint density at radius 3 is 2.85 bits per heavy atom. The second-order valence-electron chi connectivity index (χ2n) is 9.32. The minimum absolute atomic E-state index is 0.129. The van der Waals surface area contributed by atoms with Crippen LogP contribution in [-0.2, 0) is 19.7 Å². The number of fused-ring (bicyclic) bond motifs is 3. The highest BCUT2D eigenvalue weighted by Crippen LogP contribution is 2.75. The van der Waals surface area contributed by atoms with Gasteiger partial charge >= 0.3 is 5.97 Å². The van der Waals surface area contributed by atoms with Crippen molar-refractivity contribution in [1.29, 1.82) is 0 Å². The fraction of sp³-hybridized carbons (Fsp3) is 0.636. The summed E-state index contributed by atoms with van der Waals surface area (Å²) in [5.41, 5.74) is 1.89. The van der Waals surface area contributed by atoms with Crippen molar-refractivity contribution in [2.75, 3.05) is 25.1 Å². The summed E-state index contributed by atoms with van der Waals surface area (Å²) in [6, 6.07) is 8.86. The summed E-state index contributed by atoms with van der Waals surface area (Å²) in [4.78, 5) is 30.2. The molecule has 7 rings (SSSR count). The van der Waals surface area contributed by atoms with Crippen LogP contribution in [0.2, 0.25) is 0 Å². The van der Waals surface area contributed by atoms with Crippen LogP contribution in [0.25, 0.3) is 0 Å². The van der Waals surface area contributed by atoms with Gasteiger partial charge in [0, 0.05) is 17.1 Å². The summed E-state index contributed by atoms with van der Waals surface area (Å²) >= 11 is 0. The highest BCUT2D eigenvalue weighted by molar-refractivity contribution is 5.90. The van der Waals surface area contributed by atoms with E-state index in [0.717, 1.165) is 50.9 Å². The number of amides is 1. The van der Waals surface area contributed by atoms with Gasteiger partial charge in [0.25, 0.3) is 0 Å². The zero-order chi connectivity index (χ0) is 18.4. The number of nitrogens with zero attached hydrogens (tertiary/aromatic N) is 2. The van der Waals surface area contributed by atoms with Crippen LogP contribution in [0.3, 0.4) is 0 Å². The third kappa shape index (κ3) is 1.49. The van der Waals surface area contributed by atoms with Crippen LogP contribution in [-0.4, -0.2) is 49.1 Å². The first-order chi connectivity index (χ1) is 13.1. The second-order valence-corrected chi connectivity index (χ2v) is 9.32. The number of esters is 1. The monoisotopic (exact) mass is 366 g/mol. The Bertz CT molecular complexity index is 856. The first kappa shape index (κ1) is 16.1. The molecule has 5 nitrogen and oxygen atoms in total. The number of hydrogen-bond acceptors (Lipinski definition) is 4. The van der Waals surface area contributed by atoms with Gasteiger partial charge in [-0.3, -0.25) is 14.5 Å². The van der Waals surface area contributed by atoms with Crippen molar-refractivity contribution in [3.63, 3.8) is 0 Å². The molecular formula is C22H26N2O3. The van der Waals surface area contributed by atoms with E-state index in [1.54, 1.807) is 0 Å². The Hall–Kier alpha value is -1.88. The molecule has 0 N–H and O–H groups in total. The van der Waals surface area contributed by atoms with Crippen LogP contribution in [0.4, 0.5) is 5.69 Å². The lowest BCUT2D eigenvalue weighted by Crippen LogP contribution is -2.78. The molecule has 6 aliphatic rings. The molecule has 3 saturated carbocycles. The van der Waals surface area contributed by atoms with E-state index in [9.17, 15) is 9.59 Å². The normalized spacial score (nSPS) is 43.8. The van der Waals surface area contributed by atoms with Crippen molar-refractivity contribution in [2.24, 2.45) is 11.3 Å². The predicted molar refractivity (Wildman–Crippen MR) is 100 cm³/mol. The summed E-state index contributed by atoms with van der Waals surface area (Å²) < 4.78 is 5.32. The first-order valence-electron chi connectivity index (χ1n) is 10.3. The van der Waals surface area contributed by atoms with Gasteiger partial charge in [-0.25, -0.2) is 0 Å². The zero-order valence-electron chi connectivity index (χ0n) is 15.8. The van der Waals surface area contributed by atoms with Crippen LogP contribution < -0.4 is 4.90 Å². The number of carbonyl (C=O) groups excluding carboxylic acids is 2. The Labute approximate surface area is 159 Å². The minimum atomic E-state index is -0.468. The fourth-order valence-corrected chi connectivity index (χ4v) is 8.44. The summed E-state index contributed by atoms with van der Waals surface area (Å²) in [6.07, 6.45) is 7.32. The van der Waals surface area contributed by atoms with Crippen LogP contribution in [0, 0.1) is 11.3 Å². The lowest BCUT2D eigenvalue weighted by molar-refractivity contribution is -0.175. The highest BCUT2D eigenvalue weighted by atomic mass is 16.5. The van der Waals surface area contributed by atoms with E-state index < -0.39 is 5.54 Å². The van der Waals surface area contributed by atoms with Gasteiger partial charge in [-0.1, -0.05) is 18.2 Å². The lowest BCUT2D eigenvalue weighted by atomic mass is 9.38. The molecule has 1 aromatic carbocycles. The second kappa shape index (κ2) is 4.93. The van der Waals surface area contributed by atoms with Crippen LogP contribution in [0.5, 0.6) is 0 Å². The fourth-order valence-electron chi connectivity index (χ4n) is 8.44. The predicted octanol–water partition coefficient (Wildman–Crippen LogP) is 2.48. The highest BCUT2D eigenvalue weighted by Gasteiger charge is 2.80. The number of piperidine rings is 1. The van der Waals surface area contributed by atoms with E-state index in [1.807, 2.05) is 11.0 Å². The Morgan fingerprint density at radius 1 is 1.19 bits per heavy atom. The molecule has 5 fully saturated rings. The van der Waals surface area contributed by atoms with E-state index in [-0.39, 0.29) is 22.7 Å². The molecule has 5 atom stereocenters. The van der Waals surface area contributed by atoms with Crippen molar-refractivity contribution in [3.05, 3.63) is 29.8 Å². The molecule has 3 aliphatic carbocycles. The molecule has 1 amide bonds. The molecule has 27 heavy (non-hydrogen) atoms. The SMILES string of the molecule is COC(=O)C1CC23CCCN4CC[C@@]5(c6ccccc6N(C=O)C15CC2)[C@@H]43. The van der Waals surface area contributed by atoms with Gasteiger partial charge in [-0.2, -0.15) is 0 Å². The molecule has 5 heteroatoms. The topological polar surface area (TPSA) is 49.9 Å². The van der Waals surface area contributed by atoms with E-state index in [0.29, 0.717) is 6.04 Å².